The zero-order valence-corrected chi connectivity index (χ0v) is 16.4. The maximum atomic E-state index is 12.6. The molecule has 144 valence electrons. The molecule has 0 saturated carbocycles. The summed E-state index contributed by atoms with van der Waals surface area (Å²) in [4.78, 5) is 18.2. The Morgan fingerprint density at radius 1 is 1.18 bits per heavy atom. The van der Waals surface area contributed by atoms with Crippen LogP contribution in [-0.4, -0.2) is 37.2 Å². The zero-order chi connectivity index (χ0) is 19.7. The molecule has 1 amide bonds. The highest BCUT2D eigenvalue weighted by molar-refractivity contribution is 5.89. The maximum absolute atomic E-state index is 12.6. The zero-order valence-electron chi connectivity index (χ0n) is 16.4. The second-order valence-electron chi connectivity index (χ2n) is 7.43. The predicted octanol–water partition coefficient (Wildman–Crippen LogP) is 2.96. The van der Waals surface area contributed by atoms with Gasteiger partial charge in [-0.1, -0.05) is 30.3 Å². The SMILES string of the molecule is CC1NC(C(=O)N/N=C/c2ccc(N(C)C)cc2)Cc2c1[nH]c1ccccc21. The van der Waals surface area contributed by atoms with Gasteiger partial charge in [0.2, 0.25) is 0 Å². The van der Waals surface area contributed by atoms with Crippen LogP contribution in [0.2, 0.25) is 0 Å². The first-order valence-electron chi connectivity index (χ1n) is 9.49. The molecule has 0 fully saturated rings. The van der Waals surface area contributed by atoms with E-state index in [4.69, 9.17) is 0 Å². The summed E-state index contributed by atoms with van der Waals surface area (Å²) in [5.41, 5.74) is 8.23. The maximum Gasteiger partial charge on any atom is 0.257 e. The quantitative estimate of drug-likeness (QED) is 0.485. The molecule has 0 bridgehead atoms. The van der Waals surface area contributed by atoms with Crippen LogP contribution in [0, 0.1) is 0 Å². The fourth-order valence-electron chi connectivity index (χ4n) is 3.73. The minimum atomic E-state index is -0.310. The number of benzene rings is 2. The van der Waals surface area contributed by atoms with Gasteiger partial charge in [-0.15, -0.1) is 0 Å². The molecule has 1 aliphatic heterocycles. The number of rotatable bonds is 4. The summed E-state index contributed by atoms with van der Waals surface area (Å²) in [5, 5.41) is 8.70. The minimum absolute atomic E-state index is 0.0782. The average molecular weight is 375 g/mol. The van der Waals surface area contributed by atoms with Crippen molar-refractivity contribution >= 4 is 28.7 Å². The molecule has 6 heteroatoms. The van der Waals surface area contributed by atoms with E-state index in [1.807, 2.05) is 55.4 Å². The number of amides is 1. The van der Waals surface area contributed by atoms with Gasteiger partial charge in [0.1, 0.15) is 0 Å². The van der Waals surface area contributed by atoms with Crippen molar-refractivity contribution in [3.63, 3.8) is 0 Å². The van der Waals surface area contributed by atoms with E-state index in [9.17, 15) is 4.79 Å². The third kappa shape index (κ3) is 3.51. The van der Waals surface area contributed by atoms with Crippen molar-refractivity contribution in [2.45, 2.75) is 25.4 Å². The number of H-pyrrole nitrogens is 1. The second-order valence-corrected chi connectivity index (χ2v) is 7.43. The van der Waals surface area contributed by atoms with E-state index in [1.165, 1.54) is 10.9 Å². The first-order valence-corrected chi connectivity index (χ1v) is 9.49. The normalized spacial score (nSPS) is 19.0. The molecule has 1 aliphatic rings. The Kier molecular flexibility index (Phi) is 4.88. The van der Waals surface area contributed by atoms with E-state index >= 15 is 0 Å². The Balaban J connectivity index is 1.44. The van der Waals surface area contributed by atoms with Crippen LogP contribution in [0.25, 0.3) is 10.9 Å². The van der Waals surface area contributed by atoms with Crippen LogP contribution in [-0.2, 0) is 11.2 Å². The highest BCUT2D eigenvalue weighted by Crippen LogP contribution is 2.31. The third-order valence-corrected chi connectivity index (χ3v) is 5.25. The van der Waals surface area contributed by atoms with E-state index < -0.39 is 0 Å². The molecule has 0 spiro atoms. The summed E-state index contributed by atoms with van der Waals surface area (Å²) in [7, 11) is 4.00. The van der Waals surface area contributed by atoms with Crippen molar-refractivity contribution < 1.29 is 4.79 Å². The topological polar surface area (TPSA) is 72.5 Å². The van der Waals surface area contributed by atoms with Gasteiger partial charge in [0.05, 0.1) is 12.3 Å². The molecule has 2 heterocycles. The van der Waals surface area contributed by atoms with Crippen molar-refractivity contribution in [3.05, 3.63) is 65.4 Å². The number of hydrogen-bond donors (Lipinski definition) is 3. The lowest BCUT2D eigenvalue weighted by Crippen LogP contribution is -2.47. The Bertz CT molecular complexity index is 1020. The van der Waals surface area contributed by atoms with Crippen molar-refractivity contribution in [2.24, 2.45) is 5.10 Å². The molecule has 0 saturated heterocycles. The van der Waals surface area contributed by atoms with Gasteiger partial charge < -0.3 is 9.88 Å². The minimum Gasteiger partial charge on any atom is -0.378 e. The molecule has 2 atom stereocenters. The number of hydrogen-bond acceptors (Lipinski definition) is 4. The van der Waals surface area contributed by atoms with Crippen molar-refractivity contribution in [3.8, 4) is 0 Å². The number of aromatic nitrogens is 1. The summed E-state index contributed by atoms with van der Waals surface area (Å²) >= 11 is 0. The van der Waals surface area contributed by atoms with E-state index in [0.29, 0.717) is 6.42 Å². The van der Waals surface area contributed by atoms with E-state index in [1.54, 1.807) is 6.21 Å². The van der Waals surface area contributed by atoms with Gasteiger partial charge in [0.25, 0.3) is 5.91 Å². The highest BCUT2D eigenvalue weighted by Gasteiger charge is 2.30. The summed E-state index contributed by atoms with van der Waals surface area (Å²) in [6.07, 6.45) is 2.31. The number of carbonyl (C=O) groups excluding carboxylic acids is 1. The monoisotopic (exact) mass is 375 g/mol. The summed E-state index contributed by atoms with van der Waals surface area (Å²) in [6, 6.07) is 16.0. The van der Waals surface area contributed by atoms with Crippen LogP contribution < -0.4 is 15.6 Å². The molecule has 3 N–H and O–H groups in total. The van der Waals surface area contributed by atoms with Crippen molar-refractivity contribution in [1.29, 1.82) is 0 Å². The third-order valence-electron chi connectivity index (χ3n) is 5.25. The van der Waals surface area contributed by atoms with E-state index in [0.717, 1.165) is 22.5 Å². The lowest BCUT2D eigenvalue weighted by atomic mass is 9.94. The van der Waals surface area contributed by atoms with Crippen LogP contribution in [0.15, 0.2) is 53.6 Å². The molecular formula is C22H25N5O. The fourth-order valence-corrected chi connectivity index (χ4v) is 3.73. The number of anilines is 1. The van der Waals surface area contributed by atoms with E-state index in [-0.39, 0.29) is 18.0 Å². The number of aromatic amines is 1. The van der Waals surface area contributed by atoms with Gasteiger partial charge in [-0.05, 0) is 42.7 Å². The Labute approximate surface area is 164 Å². The van der Waals surface area contributed by atoms with Crippen LogP contribution in [0.3, 0.4) is 0 Å². The van der Waals surface area contributed by atoms with Gasteiger partial charge in [0.15, 0.2) is 0 Å². The molecule has 4 rings (SSSR count). The Morgan fingerprint density at radius 3 is 2.68 bits per heavy atom. The molecule has 28 heavy (non-hydrogen) atoms. The smallest absolute Gasteiger partial charge is 0.257 e. The number of para-hydroxylation sites is 1. The van der Waals surface area contributed by atoms with Crippen LogP contribution >= 0.6 is 0 Å². The first-order chi connectivity index (χ1) is 13.5. The van der Waals surface area contributed by atoms with Crippen LogP contribution in [0.1, 0.15) is 29.8 Å². The Morgan fingerprint density at radius 2 is 1.93 bits per heavy atom. The first kappa shape index (κ1) is 18.3. The van der Waals surface area contributed by atoms with Gasteiger partial charge >= 0.3 is 0 Å². The number of nitrogens with zero attached hydrogens (tertiary/aromatic N) is 2. The lowest BCUT2D eigenvalue weighted by Gasteiger charge is -2.27. The predicted molar refractivity (Wildman–Crippen MR) is 114 cm³/mol. The molecule has 0 radical (unpaired) electrons. The largest absolute Gasteiger partial charge is 0.378 e. The molecular weight excluding hydrogens is 350 g/mol. The van der Waals surface area contributed by atoms with Crippen molar-refractivity contribution in [2.75, 3.05) is 19.0 Å². The molecule has 3 aromatic rings. The van der Waals surface area contributed by atoms with Crippen molar-refractivity contribution in [1.82, 2.24) is 15.7 Å². The highest BCUT2D eigenvalue weighted by atomic mass is 16.2. The average Bonchev–Trinajstić information content (AvgIpc) is 3.08. The fraction of sp³-hybridized carbons (Fsp3) is 0.273. The molecule has 6 nitrogen and oxygen atoms in total. The number of fused-ring (bicyclic) bond motifs is 3. The second kappa shape index (κ2) is 7.48. The summed E-state index contributed by atoms with van der Waals surface area (Å²) in [6.45, 7) is 2.07. The summed E-state index contributed by atoms with van der Waals surface area (Å²) in [5.74, 6) is -0.121. The standard InChI is InChI=1S/C22H25N5O/c1-14-21-18(17-6-4-5-7-19(17)25-21)12-20(24-14)22(28)26-23-13-15-8-10-16(11-9-15)27(2)3/h4-11,13-14,20,24-25H,12H2,1-3H3,(H,26,28)/b23-13+. The van der Waals surface area contributed by atoms with Gasteiger partial charge in [-0.2, -0.15) is 5.10 Å². The molecule has 2 aromatic carbocycles. The van der Waals surface area contributed by atoms with Gasteiger partial charge in [-0.3, -0.25) is 10.1 Å². The molecule has 0 aliphatic carbocycles. The van der Waals surface area contributed by atoms with Gasteiger partial charge in [-0.25, -0.2) is 5.43 Å². The van der Waals surface area contributed by atoms with Gasteiger partial charge in [0, 0.05) is 42.4 Å². The van der Waals surface area contributed by atoms with Crippen LogP contribution in [0.4, 0.5) is 5.69 Å². The Hall–Kier alpha value is -3.12. The number of nitrogens with one attached hydrogen (secondary N) is 3. The molecule has 2 unspecified atom stereocenters. The van der Waals surface area contributed by atoms with E-state index in [2.05, 4.69) is 39.9 Å². The lowest BCUT2D eigenvalue weighted by molar-refractivity contribution is -0.123. The molecule has 1 aromatic heterocycles. The summed E-state index contributed by atoms with van der Waals surface area (Å²) < 4.78 is 0. The number of carbonyl (C=O) groups is 1. The van der Waals surface area contributed by atoms with Crippen LogP contribution in [0.5, 0.6) is 0 Å². The number of hydrazone groups is 1.